The van der Waals surface area contributed by atoms with Gasteiger partial charge in [-0.1, -0.05) is 54.6 Å². The summed E-state index contributed by atoms with van der Waals surface area (Å²) in [6.07, 6.45) is 0. The molecule has 0 saturated heterocycles. The average molecular weight is 318 g/mol. The van der Waals surface area contributed by atoms with E-state index in [1.54, 1.807) is 14.0 Å². The largest absolute Gasteiger partial charge is 0.368 e. The second-order valence-corrected chi connectivity index (χ2v) is 5.41. The van der Waals surface area contributed by atoms with Crippen molar-refractivity contribution in [2.75, 3.05) is 12.8 Å². The normalized spacial score (nSPS) is 10.4. The molecule has 2 aromatic carbocycles. The van der Waals surface area contributed by atoms with Gasteiger partial charge >= 0.3 is 0 Å². The highest BCUT2D eigenvalue weighted by Gasteiger charge is 2.18. The molecule has 24 heavy (non-hydrogen) atoms. The molecular formula is C19H18N4O. The van der Waals surface area contributed by atoms with Crippen molar-refractivity contribution >= 4 is 11.9 Å². The number of hydrogen-bond acceptors (Lipinski definition) is 4. The summed E-state index contributed by atoms with van der Waals surface area (Å²) in [7, 11) is 1.58. The quantitative estimate of drug-likeness (QED) is 0.777. The van der Waals surface area contributed by atoms with Crippen LogP contribution in [0.5, 0.6) is 0 Å². The second-order valence-electron chi connectivity index (χ2n) is 5.41. The Bertz CT molecular complexity index is 874. The molecule has 3 N–H and O–H groups in total. The van der Waals surface area contributed by atoms with E-state index in [1.165, 1.54) is 0 Å². The second kappa shape index (κ2) is 6.50. The van der Waals surface area contributed by atoms with E-state index in [0.717, 1.165) is 16.7 Å². The molecule has 3 aromatic rings. The van der Waals surface area contributed by atoms with E-state index < -0.39 is 0 Å². The summed E-state index contributed by atoms with van der Waals surface area (Å²) in [4.78, 5) is 20.6. The van der Waals surface area contributed by atoms with Crippen molar-refractivity contribution < 1.29 is 4.79 Å². The van der Waals surface area contributed by atoms with Crippen molar-refractivity contribution in [1.82, 2.24) is 15.3 Å². The van der Waals surface area contributed by atoms with Crippen molar-refractivity contribution in [2.45, 2.75) is 6.92 Å². The van der Waals surface area contributed by atoms with Gasteiger partial charge in [-0.25, -0.2) is 9.97 Å². The van der Waals surface area contributed by atoms with Crippen LogP contribution in [-0.4, -0.2) is 22.9 Å². The number of anilines is 1. The first-order chi connectivity index (χ1) is 11.6. The van der Waals surface area contributed by atoms with Crippen LogP contribution in [0.25, 0.3) is 22.4 Å². The first-order valence-electron chi connectivity index (χ1n) is 7.62. The zero-order valence-electron chi connectivity index (χ0n) is 13.6. The number of hydrogen-bond donors (Lipinski definition) is 2. The molecule has 1 amide bonds. The Morgan fingerprint density at radius 2 is 1.50 bits per heavy atom. The molecule has 5 heteroatoms. The minimum atomic E-state index is -0.227. The molecule has 0 aliphatic rings. The fraction of sp³-hybridized carbons (Fsp3) is 0.105. The Morgan fingerprint density at radius 3 is 2.12 bits per heavy atom. The highest BCUT2D eigenvalue weighted by Crippen LogP contribution is 2.27. The van der Waals surface area contributed by atoms with E-state index in [1.807, 2.05) is 42.5 Å². The zero-order chi connectivity index (χ0) is 17.1. The van der Waals surface area contributed by atoms with Gasteiger partial charge in [0.05, 0.1) is 17.0 Å². The lowest BCUT2D eigenvalue weighted by atomic mass is 10.00. The van der Waals surface area contributed by atoms with Gasteiger partial charge in [-0.05, 0) is 18.1 Å². The molecule has 0 bridgehead atoms. The fourth-order valence-electron chi connectivity index (χ4n) is 2.65. The predicted molar refractivity (Wildman–Crippen MR) is 95.4 cm³/mol. The lowest BCUT2D eigenvalue weighted by Crippen LogP contribution is -2.21. The summed E-state index contributed by atoms with van der Waals surface area (Å²) < 4.78 is 0. The van der Waals surface area contributed by atoms with Gasteiger partial charge in [0.25, 0.3) is 5.91 Å². The molecule has 0 aliphatic heterocycles. The molecule has 0 unspecified atom stereocenters. The minimum Gasteiger partial charge on any atom is -0.368 e. The lowest BCUT2D eigenvalue weighted by Gasteiger charge is -2.11. The van der Waals surface area contributed by atoms with Gasteiger partial charge in [-0.2, -0.15) is 0 Å². The first-order valence-corrected chi connectivity index (χ1v) is 7.62. The van der Waals surface area contributed by atoms with Gasteiger partial charge in [0.2, 0.25) is 5.95 Å². The Labute approximate surface area is 140 Å². The standard InChI is InChI=1S/C19H18N4O/c1-12-16(18(24)21-2)17(23-19(20)22-12)15-10-8-14(9-11-15)13-6-4-3-5-7-13/h3-11H,1-2H3,(H,21,24)(H2,20,22,23). The van der Waals surface area contributed by atoms with Gasteiger partial charge in [0, 0.05) is 12.6 Å². The summed E-state index contributed by atoms with van der Waals surface area (Å²) in [6, 6.07) is 18.0. The number of benzene rings is 2. The van der Waals surface area contributed by atoms with Gasteiger partial charge in [-0.15, -0.1) is 0 Å². The van der Waals surface area contributed by atoms with Crippen LogP contribution in [-0.2, 0) is 0 Å². The highest BCUT2D eigenvalue weighted by molar-refractivity contribution is 6.01. The number of aromatic nitrogens is 2. The third-order valence-electron chi connectivity index (χ3n) is 3.83. The van der Waals surface area contributed by atoms with Crippen molar-refractivity contribution in [1.29, 1.82) is 0 Å². The smallest absolute Gasteiger partial charge is 0.255 e. The predicted octanol–water partition coefficient (Wildman–Crippen LogP) is 3.06. The van der Waals surface area contributed by atoms with E-state index in [0.29, 0.717) is 17.0 Å². The van der Waals surface area contributed by atoms with Crippen molar-refractivity contribution in [3.8, 4) is 22.4 Å². The first kappa shape index (κ1) is 15.7. The monoisotopic (exact) mass is 318 g/mol. The van der Waals surface area contributed by atoms with E-state index in [9.17, 15) is 4.79 Å². The number of nitrogens with two attached hydrogens (primary N) is 1. The van der Waals surface area contributed by atoms with Crippen LogP contribution in [0, 0.1) is 6.92 Å². The molecule has 0 radical (unpaired) electrons. The van der Waals surface area contributed by atoms with Crippen LogP contribution in [0.3, 0.4) is 0 Å². The zero-order valence-corrected chi connectivity index (χ0v) is 13.6. The Hall–Kier alpha value is -3.21. The van der Waals surface area contributed by atoms with Crippen molar-refractivity contribution in [3.63, 3.8) is 0 Å². The maximum absolute atomic E-state index is 12.2. The topological polar surface area (TPSA) is 80.9 Å². The number of nitrogens with zero attached hydrogens (tertiary/aromatic N) is 2. The fourth-order valence-corrected chi connectivity index (χ4v) is 2.65. The minimum absolute atomic E-state index is 0.155. The SMILES string of the molecule is CNC(=O)c1c(C)nc(N)nc1-c1ccc(-c2ccccc2)cc1. The third-order valence-corrected chi connectivity index (χ3v) is 3.83. The molecule has 0 aliphatic carbocycles. The summed E-state index contributed by atoms with van der Waals surface area (Å²) in [5.41, 5.74) is 10.4. The van der Waals surface area contributed by atoms with Crippen LogP contribution < -0.4 is 11.1 Å². The van der Waals surface area contributed by atoms with Crippen molar-refractivity contribution in [2.24, 2.45) is 0 Å². The number of carbonyl (C=O) groups excluding carboxylic acids is 1. The Morgan fingerprint density at radius 1 is 0.917 bits per heavy atom. The van der Waals surface area contributed by atoms with Crippen LogP contribution in [0.2, 0.25) is 0 Å². The van der Waals surface area contributed by atoms with Gasteiger partial charge < -0.3 is 11.1 Å². The Balaban J connectivity index is 2.08. The molecule has 5 nitrogen and oxygen atoms in total. The van der Waals surface area contributed by atoms with Crippen LogP contribution in [0.4, 0.5) is 5.95 Å². The van der Waals surface area contributed by atoms with Crippen LogP contribution in [0.15, 0.2) is 54.6 Å². The molecule has 0 fully saturated rings. The van der Waals surface area contributed by atoms with Crippen molar-refractivity contribution in [3.05, 3.63) is 65.9 Å². The summed E-state index contributed by atoms with van der Waals surface area (Å²) in [6.45, 7) is 1.75. The summed E-state index contributed by atoms with van der Waals surface area (Å²) >= 11 is 0. The molecule has 1 heterocycles. The molecule has 1 aromatic heterocycles. The molecule has 0 spiro atoms. The molecule has 3 rings (SSSR count). The number of amides is 1. The summed E-state index contributed by atoms with van der Waals surface area (Å²) in [5.74, 6) is -0.0723. The molecule has 0 atom stereocenters. The van der Waals surface area contributed by atoms with Crippen LogP contribution in [0.1, 0.15) is 16.1 Å². The number of nitrogens with one attached hydrogen (secondary N) is 1. The van der Waals surface area contributed by atoms with E-state index in [2.05, 4.69) is 27.4 Å². The average Bonchev–Trinajstić information content (AvgIpc) is 2.61. The number of nitrogen functional groups attached to an aromatic ring is 1. The third kappa shape index (κ3) is 2.96. The molecule has 0 saturated carbocycles. The van der Waals surface area contributed by atoms with E-state index in [4.69, 9.17) is 5.73 Å². The maximum Gasteiger partial charge on any atom is 0.255 e. The number of rotatable bonds is 3. The maximum atomic E-state index is 12.2. The van der Waals surface area contributed by atoms with Gasteiger partial charge in [0.15, 0.2) is 0 Å². The number of aryl methyl sites for hydroxylation is 1. The van der Waals surface area contributed by atoms with E-state index in [-0.39, 0.29) is 11.9 Å². The summed E-state index contributed by atoms with van der Waals surface area (Å²) in [5, 5.41) is 2.63. The van der Waals surface area contributed by atoms with Gasteiger partial charge in [0.1, 0.15) is 0 Å². The lowest BCUT2D eigenvalue weighted by molar-refractivity contribution is 0.0962. The highest BCUT2D eigenvalue weighted by atomic mass is 16.1. The molecular weight excluding hydrogens is 300 g/mol. The Kier molecular flexibility index (Phi) is 4.24. The molecule has 120 valence electrons. The van der Waals surface area contributed by atoms with E-state index >= 15 is 0 Å². The number of carbonyl (C=O) groups is 1. The van der Waals surface area contributed by atoms with Crippen LogP contribution >= 0.6 is 0 Å². The van der Waals surface area contributed by atoms with Gasteiger partial charge in [-0.3, -0.25) is 4.79 Å².